The van der Waals surface area contributed by atoms with E-state index in [1.807, 2.05) is 29.6 Å². The van der Waals surface area contributed by atoms with Gasteiger partial charge in [-0.3, -0.25) is 14.7 Å². The van der Waals surface area contributed by atoms with Gasteiger partial charge in [-0.15, -0.1) is 11.3 Å². The first-order chi connectivity index (χ1) is 13.6. The number of methoxy groups -OCH3 is 1. The van der Waals surface area contributed by atoms with Crippen LogP contribution < -0.4 is 10.1 Å². The lowest BCUT2D eigenvalue weighted by atomic mass is 10.0. The quantitative estimate of drug-likeness (QED) is 0.565. The van der Waals surface area contributed by atoms with Gasteiger partial charge in [-0.1, -0.05) is 18.2 Å². The molecule has 2 N–H and O–H groups in total. The first-order valence-corrected chi connectivity index (χ1v) is 9.68. The number of nitrogens with zero attached hydrogens (tertiary/aromatic N) is 1. The summed E-state index contributed by atoms with van der Waals surface area (Å²) in [7, 11) is 1.56. The molecule has 7 nitrogen and oxygen atoms in total. The summed E-state index contributed by atoms with van der Waals surface area (Å²) in [6.07, 6.45) is 0.00888. The number of hydrogen-bond donors (Lipinski definition) is 2. The summed E-state index contributed by atoms with van der Waals surface area (Å²) in [5.74, 6) is -0.131. The number of carbonyl (C=O) groups excluding carboxylic acids is 2. The van der Waals surface area contributed by atoms with E-state index in [1.165, 1.54) is 0 Å². The third kappa shape index (κ3) is 4.77. The number of benzene rings is 1. The molecule has 146 valence electrons. The number of carbonyl (C=O) groups is 2. The minimum atomic E-state index is -0.566. The molecule has 3 rings (SSSR count). The van der Waals surface area contributed by atoms with Crippen molar-refractivity contribution in [3.63, 3.8) is 0 Å². The Balaban J connectivity index is 1.79. The zero-order valence-corrected chi connectivity index (χ0v) is 16.4. The van der Waals surface area contributed by atoms with Crippen molar-refractivity contribution >= 4 is 23.2 Å². The number of thiophene rings is 1. The Labute approximate surface area is 166 Å². The standard InChI is InChI=1S/C20H21N3O4S/c1-3-27-19(24)12-15(13-6-4-7-14(10-13)26-2)21-20(25)17-11-16(22-23-17)18-8-5-9-28-18/h4-11,15H,3,12H2,1-2H3,(H,21,25)(H,22,23). The van der Waals surface area contributed by atoms with Gasteiger partial charge in [0.2, 0.25) is 0 Å². The number of amides is 1. The average Bonchev–Trinajstić information content (AvgIpc) is 3.39. The minimum Gasteiger partial charge on any atom is -0.497 e. The van der Waals surface area contributed by atoms with Crippen LogP contribution in [0.5, 0.6) is 5.75 Å². The second-order valence-corrected chi connectivity index (χ2v) is 6.90. The number of ether oxygens (including phenoxy) is 2. The fourth-order valence-electron chi connectivity index (χ4n) is 2.73. The summed E-state index contributed by atoms with van der Waals surface area (Å²) in [5, 5.41) is 11.8. The van der Waals surface area contributed by atoms with Gasteiger partial charge in [-0.2, -0.15) is 5.10 Å². The molecule has 0 radical (unpaired) electrons. The minimum absolute atomic E-state index is 0.00888. The van der Waals surface area contributed by atoms with Gasteiger partial charge in [-0.05, 0) is 42.1 Å². The molecule has 0 aliphatic heterocycles. The molecule has 1 unspecified atom stereocenters. The fraction of sp³-hybridized carbons (Fsp3) is 0.250. The van der Waals surface area contributed by atoms with Crippen molar-refractivity contribution < 1.29 is 19.1 Å². The number of hydrogen-bond acceptors (Lipinski definition) is 6. The van der Waals surface area contributed by atoms with Crippen LogP contribution in [-0.2, 0) is 9.53 Å². The van der Waals surface area contributed by atoms with Crippen molar-refractivity contribution in [1.29, 1.82) is 0 Å². The molecule has 0 aliphatic carbocycles. The number of aromatic amines is 1. The van der Waals surface area contributed by atoms with E-state index in [-0.39, 0.29) is 24.6 Å². The summed E-state index contributed by atoms with van der Waals surface area (Å²) < 4.78 is 10.3. The Morgan fingerprint density at radius 2 is 2.11 bits per heavy atom. The lowest BCUT2D eigenvalue weighted by Crippen LogP contribution is -2.31. The van der Waals surface area contributed by atoms with E-state index in [0.717, 1.165) is 16.1 Å². The number of aromatic nitrogens is 2. The summed E-state index contributed by atoms with van der Waals surface area (Å²) in [6.45, 7) is 2.02. The molecule has 0 saturated carbocycles. The summed E-state index contributed by atoms with van der Waals surface area (Å²) in [6, 6.07) is 12.2. The van der Waals surface area contributed by atoms with Gasteiger partial charge in [0, 0.05) is 0 Å². The molecular formula is C20H21N3O4S. The van der Waals surface area contributed by atoms with E-state index < -0.39 is 12.0 Å². The topological polar surface area (TPSA) is 93.3 Å². The van der Waals surface area contributed by atoms with Crippen LogP contribution in [0.4, 0.5) is 0 Å². The van der Waals surface area contributed by atoms with Crippen LogP contribution >= 0.6 is 11.3 Å². The smallest absolute Gasteiger partial charge is 0.308 e. The van der Waals surface area contributed by atoms with Crippen LogP contribution in [0.1, 0.15) is 35.4 Å². The number of esters is 1. The van der Waals surface area contributed by atoms with E-state index >= 15 is 0 Å². The third-order valence-electron chi connectivity index (χ3n) is 4.07. The van der Waals surface area contributed by atoms with Crippen molar-refractivity contribution in [2.45, 2.75) is 19.4 Å². The van der Waals surface area contributed by atoms with Gasteiger partial charge in [0.25, 0.3) is 5.91 Å². The SMILES string of the molecule is CCOC(=O)CC(NC(=O)c1cc(-c2cccs2)[nH]n1)c1cccc(OC)c1. The summed E-state index contributed by atoms with van der Waals surface area (Å²) in [5.41, 5.74) is 1.76. The molecule has 3 aromatic rings. The number of H-pyrrole nitrogens is 1. The Kier molecular flexibility index (Phi) is 6.44. The van der Waals surface area contributed by atoms with E-state index in [9.17, 15) is 9.59 Å². The predicted octanol–water partition coefficient (Wildman–Crippen LogP) is 3.57. The van der Waals surface area contributed by atoms with Gasteiger partial charge in [-0.25, -0.2) is 0 Å². The lowest BCUT2D eigenvalue weighted by molar-refractivity contribution is -0.143. The molecule has 28 heavy (non-hydrogen) atoms. The highest BCUT2D eigenvalue weighted by molar-refractivity contribution is 7.13. The van der Waals surface area contributed by atoms with E-state index in [4.69, 9.17) is 9.47 Å². The normalized spacial score (nSPS) is 11.6. The van der Waals surface area contributed by atoms with Gasteiger partial charge in [0.1, 0.15) is 5.75 Å². The molecule has 8 heteroatoms. The molecule has 1 atom stereocenters. The van der Waals surface area contributed by atoms with Crippen LogP contribution in [0.3, 0.4) is 0 Å². The molecule has 0 bridgehead atoms. The van der Waals surface area contributed by atoms with Gasteiger partial charge >= 0.3 is 5.97 Å². The second-order valence-electron chi connectivity index (χ2n) is 5.96. The maximum absolute atomic E-state index is 12.7. The fourth-order valence-corrected chi connectivity index (χ4v) is 3.42. The van der Waals surface area contributed by atoms with E-state index in [1.54, 1.807) is 43.6 Å². The predicted molar refractivity (Wildman–Crippen MR) is 106 cm³/mol. The molecule has 1 aromatic carbocycles. The first kappa shape index (κ1) is 19.6. The highest BCUT2D eigenvalue weighted by atomic mass is 32.1. The Morgan fingerprint density at radius 3 is 2.82 bits per heavy atom. The third-order valence-corrected chi connectivity index (χ3v) is 4.98. The molecule has 2 heterocycles. The van der Waals surface area contributed by atoms with Crippen LogP contribution in [0.25, 0.3) is 10.6 Å². The van der Waals surface area contributed by atoms with Crippen molar-refractivity contribution in [1.82, 2.24) is 15.5 Å². The molecule has 0 saturated heterocycles. The van der Waals surface area contributed by atoms with Crippen molar-refractivity contribution in [3.8, 4) is 16.3 Å². The summed E-state index contributed by atoms with van der Waals surface area (Å²) >= 11 is 1.55. The highest BCUT2D eigenvalue weighted by Gasteiger charge is 2.22. The second kappa shape index (κ2) is 9.18. The molecule has 2 aromatic heterocycles. The largest absolute Gasteiger partial charge is 0.497 e. The number of nitrogens with one attached hydrogen (secondary N) is 2. The van der Waals surface area contributed by atoms with E-state index in [2.05, 4.69) is 15.5 Å². The Bertz CT molecular complexity index is 937. The van der Waals surface area contributed by atoms with Crippen molar-refractivity contribution in [3.05, 3.63) is 59.1 Å². The lowest BCUT2D eigenvalue weighted by Gasteiger charge is -2.18. The summed E-state index contributed by atoms with van der Waals surface area (Å²) in [4.78, 5) is 25.8. The van der Waals surface area contributed by atoms with Crippen molar-refractivity contribution in [2.24, 2.45) is 0 Å². The molecule has 0 spiro atoms. The van der Waals surface area contributed by atoms with Gasteiger partial charge < -0.3 is 14.8 Å². The Hall–Kier alpha value is -3.13. The highest BCUT2D eigenvalue weighted by Crippen LogP contribution is 2.25. The monoisotopic (exact) mass is 399 g/mol. The van der Waals surface area contributed by atoms with Gasteiger partial charge in [0.15, 0.2) is 5.69 Å². The average molecular weight is 399 g/mol. The van der Waals surface area contributed by atoms with Crippen LogP contribution in [0, 0.1) is 0 Å². The van der Waals surface area contributed by atoms with Crippen LogP contribution in [0.15, 0.2) is 47.8 Å². The van der Waals surface area contributed by atoms with E-state index in [0.29, 0.717) is 5.75 Å². The maximum Gasteiger partial charge on any atom is 0.308 e. The first-order valence-electron chi connectivity index (χ1n) is 8.80. The van der Waals surface area contributed by atoms with Crippen molar-refractivity contribution in [2.75, 3.05) is 13.7 Å². The van der Waals surface area contributed by atoms with Crippen LogP contribution in [-0.4, -0.2) is 35.8 Å². The molecular weight excluding hydrogens is 378 g/mol. The Morgan fingerprint density at radius 1 is 1.25 bits per heavy atom. The molecule has 0 aliphatic rings. The zero-order valence-electron chi connectivity index (χ0n) is 15.6. The number of rotatable bonds is 8. The zero-order chi connectivity index (χ0) is 19.9. The molecule has 1 amide bonds. The molecule has 0 fully saturated rings. The maximum atomic E-state index is 12.7. The van der Waals surface area contributed by atoms with Crippen LogP contribution in [0.2, 0.25) is 0 Å². The van der Waals surface area contributed by atoms with Gasteiger partial charge in [0.05, 0.1) is 36.8 Å².